The summed E-state index contributed by atoms with van der Waals surface area (Å²) in [5, 5.41) is 10.0. The largest absolute Gasteiger partial charge is 0.480 e. The van der Waals surface area contributed by atoms with Gasteiger partial charge in [0.15, 0.2) is 0 Å². The molecule has 0 spiro atoms. The minimum Gasteiger partial charge on any atom is -0.480 e. The summed E-state index contributed by atoms with van der Waals surface area (Å²) in [6.07, 6.45) is 0. The molecule has 0 unspecified atom stereocenters. The van der Waals surface area contributed by atoms with Crippen molar-refractivity contribution in [3.63, 3.8) is 0 Å². The number of esters is 1. The summed E-state index contributed by atoms with van der Waals surface area (Å²) in [5.74, 6) is -2.68. The Bertz CT molecular complexity index is 1230. The summed E-state index contributed by atoms with van der Waals surface area (Å²) in [4.78, 5) is 38.2. The van der Waals surface area contributed by atoms with Crippen molar-refractivity contribution < 1.29 is 19.4 Å². The second-order valence-electron chi connectivity index (χ2n) is 7.09. The van der Waals surface area contributed by atoms with E-state index in [0.717, 1.165) is 34.2 Å². The Morgan fingerprint density at radius 1 is 1.13 bits per heavy atom. The van der Waals surface area contributed by atoms with Crippen LogP contribution in [-0.2, 0) is 16.1 Å². The molecule has 3 aromatic rings. The molecule has 2 aromatic carbocycles. The fourth-order valence-corrected chi connectivity index (χ4v) is 6.75. The van der Waals surface area contributed by atoms with E-state index in [1.54, 1.807) is 28.8 Å². The molecule has 0 fully saturated rings. The number of carboxylic acid groups (broad SMARTS) is 1. The third-order valence-electron chi connectivity index (χ3n) is 5.31. The number of aliphatic carboxylic acids is 1. The molecule has 0 aliphatic carbocycles. The quantitative estimate of drug-likeness (QED) is 0.473. The number of halogens is 1. The van der Waals surface area contributed by atoms with Crippen LogP contribution in [0.15, 0.2) is 58.4 Å². The number of aromatic nitrogens is 1. The molecule has 3 heterocycles. The standard InChI is InChI=1S/C21H14ClNO5S2/c22-11-7-5-10(6-8-11)9-23-18-16(30-21(23)27)14-12-3-1-2-4-13(12)28-20(26)15(14)17(29-18)19(24)25/h1-8,14-15,17H,9H2,(H,24,25)/t14-,15+,17+/m0/s1. The van der Waals surface area contributed by atoms with Crippen LogP contribution in [0.2, 0.25) is 5.02 Å². The number of thiazole rings is 1. The Hall–Kier alpha value is -2.55. The molecule has 6 nitrogen and oxygen atoms in total. The lowest BCUT2D eigenvalue weighted by Gasteiger charge is -2.37. The van der Waals surface area contributed by atoms with Gasteiger partial charge in [0.1, 0.15) is 11.0 Å². The SMILES string of the molecule is O=C1Oc2ccccc2[C@@H]2c3sc(=O)n(Cc4ccc(Cl)cc4)c3S[C@@H](C(=O)O)[C@H]12. The maximum absolute atomic E-state index is 12.9. The fourth-order valence-electron chi connectivity index (χ4n) is 3.97. The molecule has 0 amide bonds. The van der Waals surface area contributed by atoms with E-state index in [4.69, 9.17) is 16.3 Å². The Balaban J connectivity index is 1.68. The van der Waals surface area contributed by atoms with E-state index in [-0.39, 0.29) is 4.87 Å². The third-order valence-corrected chi connectivity index (χ3v) is 8.17. The van der Waals surface area contributed by atoms with Gasteiger partial charge in [0.25, 0.3) is 0 Å². The molecule has 1 N–H and O–H groups in total. The molecule has 2 aliphatic rings. The lowest BCUT2D eigenvalue weighted by Crippen LogP contribution is -2.44. The third kappa shape index (κ3) is 3.07. The first-order valence-electron chi connectivity index (χ1n) is 9.12. The zero-order valence-corrected chi connectivity index (χ0v) is 17.7. The number of carbonyl (C=O) groups excluding carboxylic acids is 1. The van der Waals surface area contributed by atoms with Crippen molar-refractivity contribution in [2.75, 3.05) is 0 Å². The number of thioether (sulfide) groups is 1. The Kier molecular flexibility index (Phi) is 4.72. The predicted molar refractivity (Wildman–Crippen MR) is 114 cm³/mol. The van der Waals surface area contributed by atoms with Crippen molar-refractivity contribution in [2.24, 2.45) is 5.92 Å². The lowest BCUT2D eigenvalue weighted by molar-refractivity contribution is -0.147. The van der Waals surface area contributed by atoms with Gasteiger partial charge >= 0.3 is 16.8 Å². The van der Waals surface area contributed by atoms with E-state index >= 15 is 0 Å². The Morgan fingerprint density at radius 3 is 2.60 bits per heavy atom. The summed E-state index contributed by atoms with van der Waals surface area (Å²) in [6.45, 7) is 0.296. The van der Waals surface area contributed by atoms with Gasteiger partial charge in [-0.05, 0) is 23.8 Å². The average Bonchev–Trinajstić information content (AvgIpc) is 3.04. The van der Waals surface area contributed by atoms with E-state index in [1.165, 1.54) is 0 Å². The van der Waals surface area contributed by atoms with Gasteiger partial charge in [-0.2, -0.15) is 0 Å². The molecule has 0 bridgehead atoms. The summed E-state index contributed by atoms with van der Waals surface area (Å²) >= 11 is 8.06. The number of benzene rings is 2. The van der Waals surface area contributed by atoms with Gasteiger partial charge < -0.3 is 9.84 Å². The minimum absolute atomic E-state index is 0.191. The van der Waals surface area contributed by atoms with Crippen LogP contribution in [0.3, 0.4) is 0 Å². The maximum Gasteiger partial charge on any atom is 0.317 e. The molecule has 5 rings (SSSR count). The molecule has 2 aliphatic heterocycles. The van der Waals surface area contributed by atoms with E-state index in [0.29, 0.717) is 27.2 Å². The summed E-state index contributed by atoms with van der Waals surface area (Å²) in [7, 11) is 0. The van der Waals surface area contributed by atoms with Crippen molar-refractivity contribution >= 4 is 46.6 Å². The van der Waals surface area contributed by atoms with Crippen LogP contribution in [-0.4, -0.2) is 26.9 Å². The number of carboxylic acids is 1. The molecule has 1 aromatic heterocycles. The molecule has 0 saturated heterocycles. The number of para-hydroxylation sites is 1. The minimum atomic E-state index is -1.10. The molecule has 0 saturated carbocycles. The van der Waals surface area contributed by atoms with Crippen molar-refractivity contribution in [1.82, 2.24) is 4.57 Å². The zero-order valence-electron chi connectivity index (χ0n) is 15.3. The van der Waals surface area contributed by atoms with E-state index < -0.39 is 29.0 Å². The molecular formula is C21H14ClNO5S2. The van der Waals surface area contributed by atoms with Crippen LogP contribution in [0, 0.1) is 5.92 Å². The van der Waals surface area contributed by atoms with Crippen molar-refractivity contribution in [1.29, 1.82) is 0 Å². The molecule has 0 radical (unpaired) electrons. The van der Waals surface area contributed by atoms with Crippen LogP contribution < -0.4 is 9.61 Å². The number of fused-ring (bicyclic) bond motifs is 5. The number of carbonyl (C=O) groups is 2. The first-order valence-corrected chi connectivity index (χ1v) is 11.2. The van der Waals surface area contributed by atoms with Crippen molar-refractivity contribution in [2.45, 2.75) is 22.7 Å². The van der Waals surface area contributed by atoms with Crippen LogP contribution in [0.5, 0.6) is 5.75 Å². The Labute approximate surface area is 184 Å². The lowest BCUT2D eigenvalue weighted by atomic mass is 9.80. The van der Waals surface area contributed by atoms with Gasteiger partial charge in [-0.1, -0.05) is 65.0 Å². The van der Waals surface area contributed by atoms with Crippen molar-refractivity contribution in [3.8, 4) is 5.75 Å². The molecule has 30 heavy (non-hydrogen) atoms. The van der Waals surface area contributed by atoms with Gasteiger partial charge in [0.05, 0.1) is 17.5 Å². The number of rotatable bonds is 3. The number of ether oxygens (including phenoxy) is 1. The average molecular weight is 460 g/mol. The van der Waals surface area contributed by atoms with E-state index in [2.05, 4.69) is 0 Å². The van der Waals surface area contributed by atoms with Crippen molar-refractivity contribution in [3.05, 3.63) is 79.2 Å². The highest BCUT2D eigenvalue weighted by molar-refractivity contribution is 8.00. The van der Waals surface area contributed by atoms with Gasteiger partial charge in [0.2, 0.25) is 0 Å². The highest BCUT2D eigenvalue weighted by Gasteiger charge is 2.52. The summed E-state index contributed by atoms with van der Waals surface area (Å²) < 4.78 is 7.02. The fraction of sp³-hybridized carbons (Fsp3) is 0.190. The Morgan fingerprint density at radius 2 is 1.87 bits per heavy atom. The number of hydrogen-bond donors (Lipinski definition) is 1. The van der Waals surface area contributed by atoms with Gasteiger partial charge in [-0.3, -0.25) is 19.0 Å². The maximum atomic E-state index is 12.9. The van der Waals surface area contributed by atoms with Gasteiger partial charge in [0, 0.05) is 21.4 Å². The first-order chi connectivity index (χ1) is 14.4. The smallest absolute Gasteiger partial charge is 0.317 e. The van der Waals surface area contributed by atoms with E-state index in [9.17, 15) is 19.5 Å². The summed E-state index contributed by atoms with van der Waals surface area (Å²) in [6, 6.07) is 14.2. The van der Waals surface area contributed by atoms with Gasteiger partial charge in [-0.15, -0.1) is 0 Å². The second-order valence-corrected chi connectivity index (χ2v) is 9.65. The van der Waals surface area contributed by atoms with Crippen LogP contribution >= 0.6 is 34.7 Å². The second kappa shape index (κ2) is 7.30. The first kappa shape index (κ1) is 19.4. The topological polar surface area (TPSA) is 85.6 Å². The highest BCUT2D eigenvalue weighted by Crippen LogP contribution is 2.54. The zero-order chi connectivity index (χ0) is 21.0. The predicted octanol–water partition coefficient (Wildman–Crippen LogP) is 3.84. The highest BCUT2D eigenvalue weighted by atomic mass is 35.5. The summed E-state index contributed by atoms with van der Waals surface area (Å²) in [5.41, 5.74) is 1.61. The molecule has 152 valence electrons. The van der Waals surface area contributed by atoms with Gasteiger partial charge in [-0.25, -0.2) is 0 Å². The van der Waals surface area contributed by atoms with Crippen LogP contribution in [0.25, 0.3) is 0 Å². The molecule has 3 atom stereocenters. The molecule has 9 heteroatoms. The van der Waals surface area contributed by atoms with Crippen LogP contribution in [0.1, 0.15) is 21.9 Å². The monoisotopic (exact) mass is 459 g/mol. The van der Waals surface area contributed by atoms with E-state index in [1.807, 2.05) is 24.3 Å². The molecular weight excluding hydrogens is 446 g/mol. The normalized spacial score (nSPS) is 21.9. The number of nitrogens with zero attached hydrogens (tertiary/aromatic N) is 1. The number of hydrogen-bond acceptors (Lipinski definition) is 6. The van der Waals surface area contributed by atoms with Crippen LogP contribution in [0.4, 0.5) is 0 Å².